The molecule has 0 aliphatic rings. The van der Waals surface area contributed by atoms with Gasteiger partial charge in [0.2, 0.25) is 10.0 Å². The van der Waals surface area contributed by atoms with Gasteiger partial charge in [0.25, 0.3) is 5.91 Å². The average molecular weight is 426 g/mol. The number of hydrogen-bond donors (Lipinski definition) is 2. The van der Waals surface area contributed by atoms with Crippen molar-refractivity contribution in [2.75, 3.05) is 23.4 Å². The predicted molar refractivity (Wildman–Crippen MR) is 116 cm³/mol. The van der Waals surface area contributed by atoms with E-state index in [0.29, 0.717) is 30.6 Å². The number of unbranched alkanes of at least 4 members (excludes halogenated alkanes) is 1. The molecule has 2 aromatic carbocycles. The topological polar surface area (TPSA) is 113 Å². The summed E-state index contributed by atoms with van der Waals surface area (Å²) in [7, 11) is -2.04. The number of benzene rings is 2. The minimum absolute atomic E-state index is 0.284. The summed E-state index contributed by atoms with van der Waals surface area (Å²) in [5, 5.41) is 12.4. The second kappa shape index (κ2) is 8.88. The molecule has 3 rings (SSSR count). The number of anilines is 2. The molecule has 1 heterocycles. The van der Waals surface area contributed by atoms with Gasteiger partial charge in [0.1, 0.15) is 5.75 Å². The van der Waals surface area contributed by atoms with E-state index in [1.807, 2.05) is 28.8 Å². The highest BCUT2D eigenvalue weighted by Crippen LogP contribution is 2.29. The number of hydrogen-bond acceptors (Lipinski definition) is 5. The summed E-state index contributed by atoms with van der Waals surface area (Å²) in [5.41, 5.74) is 2.19. The Morgan fingerprint density at radius 2 is 2.00 bits per heavy atom. The maximum absolute atomic E-state index is 13.0. The number of amides is 1. The molecule has 0 bridgehead atoms. The van der Waals surface area contributed by atoms with E-state index >= 15 is 0 Å². The molecule has 0 fully saturated rings. The van der Waals surface area contributed by atoms with Crippen LogP contribution >= 0.6 is 0 Å². The molecule has 0 radical (unpaired) electrons. The normalized spacial score (nSPS) is 11.1. The summed E-state index contributed by atoms with van der Waals surface area (Å²) in [5.74, 6) is -0.00624. The molecule has 156 valence electrons. The monoisotopic (exact) mass is 426 g/mol. The number of nitrogens with zero attached hydrogens (tertiary/aromatic N) is 2. The van der Waals surface area contributed by atoms with Crippen molar-refractivity contribution >= 4 is 38.2 Å². The molecule has 0 saturated heterocycles. The lowest BCUT2D eigenvalue weighted by atomic mass is 10.1. The van der Waals surface area contributed by atoms with Crippen LogP contribution in [-0.4, -0.2) is 32.3 Å². The van der Waals surface area contributed by atoms with Gasteiger partial charge in [-0.05, 0) is 24.6 Å². The maximum Gasteiger partial charge on any atom is 0.257 e. The van der Waals surface area contributed by atoms with Gasteiger partial charge in [0.15, 0.2) is 0 Å². The van der Waals surface area contributed by atoms with Gasteiger partial charge in [-0.2, -0.15) is 5.26 Å². The zero-order valence-corrected chi connectivity index (χ0v) is 17.5. The van der Waals surface area contributed by atoms with Gasteiger partial charge in [-0.3, -0.25) is 9.52 Å². The Morgan fingerprint density at radius 1 is 1.23 bits per heavy atom. The van der Waals surface area contributed by atoms with Crippen LogP contribution in [0.2, 0.25) is 0 Å². The number of ether oxygens (including phenoxy) is 1. The summed E-state index contributed by atoms with van der Waals surface area (Å²) in [6, 6.07) is 14.4. The molecule has 30 heavy (non-hydrogen) atoms. The quantitative estimate of drug-likeness (QED) is 0.535. The van der Waals surface area contributed by atoms with Crippen LogP contribution in [0.15, 0.2) is 48.7 Å². The first-order valence-electron chi connectivity index (χ1n) is 9.24. The zero-order chi connectivity index (χ0) is 21.7. The molecule has 1 amide bonds. The predicted octanol–water partition coefficient (Wildman–Crippen LogP) is 3.58. The van der Waals surface area contributed by atoms with Crippen molar-refractivity contribution in [3.8, 4) is 11.8 Å². The van der Waals surface area contributed by atoms with Gasteiger partial charge in [0.05, 0.1) is 30.7 Å². The van der Waals surface area contributed by atoms with Crippen molar-refractivity contribution in [3.05, 3.63) is 54.2 Å². The van der Waals surface area contributed by atoms with Crippen molar-refractivity contribution in [3.63, 3.8) is 0 Å². The average Bonchev–Trinajstić information content (AvgIpc) is 3.07. The summed E-state index contributed by atoms with van der Waals surface area (Å²) in [6.45, 7) is 0.640. The highest BCUT2D eigenvalue weighted by Gasteiger charge is 2.16. The molecule has 0 unspecified atom stereocenters. The molecule has 0 aliphatic carbocycles. The molecular formula is C21H22N4O4S. The van der Waals surface area contributed by atoms with Crippen molar-refractivity contribution in [1.29, 1.82) is 5.26 Å². The van der Waals surface area contributed by atoms with Gasteiger partial charge in [-0.25, -0.2) is 8.42 Å². The minimum Gasteiger partial charge on any atom is -0.494 e. The summed E-state index contributed by atoms with van der Waals surface area (Å²) < 4.78 is 32.5. The van der Waals surface area contributed by atoms with E-state index in [1.54, 1.807) is 18.3 Å². The Kier molecular flexibility index (Phi) is 6.28. The summed E-state index contributed by atoms with van der Waals surface area (Å²) in [6.07, 6.45) is 3.98. The van der Waals surface area contributed by atoms with E-state index in [2.05, 4.69) is 16.1 Å². The maximum atomic E-state index is 13.0. The molecule has 2 N–H and O–H groups in total. The van der Waals surface area contributed by atoms with Gasteiger partial charge >= 0.3 is 0 Å². The highest BCUT2D eigenvalue weighted by atomic mass is 32.2. The molecule has 9 heteroatoms. The Hall–Kier alpha value is -3.51. The number of sulfonamides is 1. The lowest BCUT2D eigenvalue weighted by Gasteiger charge is -2.12. The number of nitriles is 1. The molecule has 8 nitrogen and oxygen atoms in total. The number of carbonyl (C=O) groups is 1. The molecule has 0 aliphatic heterocycles. The molecular weight excluding hydrogens is 404 g/mol. The van der Waals surface area contributed by atoms with Gasteiger partial charge in [-0.15, -0.1) is 0 Å². The number of aryl methyl sites for hydroxylation is 1. The fraction of sp³-hybridized carbons (Fsp3) is 0.238. The van der Waals surface area contributed by atoms with Crippen molar-refractivity contribution < 1.29 is 17.9 Å². The lowest BCUT2D eigenvalue weighted by molar-refractivity contribution is 0.102. The number of aromatic nitrogens is 1. The third kappa shape index (κ3) is 4.90. The number of para-hydroxylation sites is 1. The van der Waals surface area contributed by atoms with Gasteiger partial charge in [-0.1, -0.05) is 18.2 Å². The van der Waals surface area contributed by atoms with E-state index in [-0.39, 0.29) is 17.3 Å². The Labute approximate surface area is 175 Å². The number of nitrogens with one attached hydrogen (secondary N) is 2. The van der Waals surface area contributed by atoms with Crippen LogP contribution in [0.4, 0.5) is 11.4 Å². The third-order valence-corrected chi connectivity index (χ3v) is 5.07. The molecule has 1 aromatic heterocycles. The first kappa shape index (κ1) is 21.2. The minimum atomic E-state index is -3.46. The summed E-state index contributed by atoms with van der Waals surface area (Å²) >= 11 is 0. The van der Waals surface area contributed by atoms with E-state index in [4.69, 9.17) is 10.00 Å². The van der Waals surface area contributed by atoms with Gasteiger partial charge in [0, 0.05) is 41.8 Å². The van der Waals surface area contributed by atoms with Crippen molar-refractivity contribution in [2.24, 2.45) is 0 Å². The van der Waals surface area contributed by atoms with E-state index in [9.17, 15) is 13.2 Å². The summed E-state index contributed by atoms with van der Waals surface area (Å²) in [4.78, 5) is 13.0. The lowest BCUT2D eigenvalue weighted by Crippen LogP contribution is -2.13. The molecule has 0 spiro atoms. The van der Waals surface area contributed by atoms with E-state index in [1.165, 1.54) is 13.2 Å². The molecule has 0 atom stereocenters. The standard InChI is InChI=1S/C21H22N4O4S/c1-29-20-13-15(9-10-18(20)24-30(2,27)28)23-21(26)17-14-25(12-6-5-11-22)19-8-4-3-7-16(17)19/h3-4,7-10,13-14,24H,5-6,12H2,1-2H3,(H,23,26). The van der Waals surface area contributed by atoms with Crippen LogP contribution < -0.4 is 14.8 Å². The SMILES string of the molecule is COc1cc(NC(=O)c2cn(CCCC#N)c3ccccc23)ccc1NS(C)(=O)=O. The van der Waals surface area contributed by atoms with Crippen LogP contribution in [0.3, 0.4) is 0 Å². The van der Waals surface area contributed by atoms with E-state index < -0.39 is 10.0 Å². The second-order valence-electron chi connectivity index (χ2n) is 6.76. The number of carbonyl (C=O) groups excluding carboxylic acids is 1. The first-order chi connectivity index (χ1) is 14.3. The van der Waals surface area contributed by atoms with Crippen LogP contribution in [-0.2, 0) is 16.6 Å². The number of methoxy groups -OCH3 is 1. The van der Waals surface area contributed by atoms with Crippen LogP contribution in [0, 0.1) is 11.3 Å². The number of fused-ring (bicyclic) bond motifs is 1. The van der Waals surface area contributed by atoms with E-state index in [0.717, 1.165) is 17.2 Å². The van der Waals surface area contributed by atoms with Gasteiger partial charge < -0.3 is 14.6 Å². The van der Waals surface area contributed by atoms with Crippen LogP contribution in [0.1, 0.15) is 23.2 Å². The first-order valence-corrected chi connectivity index (χ1v) is 11.1. The fourth-order valence-electron chi connectivity index (χ4n) is 3.19. The zero-order valence-electron chi connectivity index (χ0n) is 16.7. The Balaban J connectivity index is 1.87. The van der Waals surface area contributed by atoms with Crippen LogP contribution in [0.25, 0.3) is 10.9 Å². The smallest absolute Gasteiger partial charge is 0.257 e. The molecule has 3 aromatic rings. The Morgan fingerprint density at radius 3 is 2.70 bits per heavy atom. The fourth-order valence-corrected chi connectivity index (χ4v) is 3.76. The van der Waals surface area contributed by atoms with Crippen molar-refractivity contribution in [2.45, 2.75) is 19.4 Å². The largest absolute Gasteiger partial charge is 0.494 e. The second-order valence-corrected chi connectivity index (χ2v) is 8.51. The highest BCUT2D eigenvalue weighted by molar-refractivity contribution is 7.92. The number of rotatable bonds is 8. The van der Waals surface area contributed by atoms with Crippen LogP contribution in [0.5, 0.6) is 5.75 Å². The Bertz CT molecular complexity index is 1230. The molecule has 0 saturated carbocycles. The third-order valence-electron chi connectivity index (χ3n) is 4.48. The van der Waals surface area contributed by atoms with Crippen molar-refractivity contribution in [1.82, 2.24) is 4.57 Å².